The molecule has 32 heavy (non-hydrogen) atoms. The van der Waals surface area contributed by atoms with Crippen LogP contribution in [0.5, 0.6) is 11.5 Å². The quantitative estimate of drug-likeness (QED) is 0.537. The lowest BCUT2D eigenvalue weighted by atomic mass is 10.0. The second kappa shape index (κ2) is 7.42. The number of methoxy groups -OCH3 is 1. The Hall–Kier alpha value is -3.78. The van der Waals surface area contributed by atoms with Crippen molar-refractivity contribution in [2.75, 3.05) is 13.7 Å². The molecule has 0 amide bonds. The Morgan fingerprint density at radius 2 is 1.81 bits per heavy atom. The number of nitrogens with zero attached hydrogens (tertiary/aromatic N) is 3. The highest BCUT2D eigenvalue weighted by atomic mass is 16.5. The van der Waals surface area contributed by atoms with Crippen LogP contribution in [-0.4, -0.2) is 32.5 Å². The normalized spacial score (nSPS) is 15.7. The monoisotopic (exact) mass is 433 g/mol. The van der Waals surface area contributed by atoms with Crippen molar-refractivity contribution in [3.63, 3.8) is 0 Å². The molecular weight excluding hydrogens is 410 g/mol. The van der Waals surface area contributed by atoms with Gasteiger partial charge in [-0.15, -0.1) is 0 Å². The molecule has 2 aromatic carbocycles. The summed E-state index contributed by atoms with van der Waals surface area (Å²) in [5.41, 5.74) is 2.86. The van der Waals surface area contributed by atoms with Crippen molar-refractivity contribution in [3.8, 4) is 22.8 Å². The summed E-state index contributed by atoms with van der Waals surface area (Å²) in [5.74, 6) is 0.353. The third kappa shape index (κ3) is 2.80. The third-order valence-corrected chi connectivity index (χ3v) is 6.11. The number of benzene rings is 2. The van der Waals surface area contributed by atoms with E-state index in [0.717, 1.165) is 15.8 Å². The molecule has 5 rings (SSSR count). The summed E-state index contributed by atoms with van der Waals surface area (Å²) in [6, 6.07) is 14.8. The van der Waals surface area contributed by atoms with Gasteiger partial charge in [-0.1, -0.05) is 36.4 Å². The molecule has 0 aliphatic carbocycles. The van der Waals surface area contributed by atoms with E-state index >= 15 is 0 Å². The Labute approximate surface area is 183 Å². The summed E-state index contributed by atoms with van der Waals surface area (Å²) in [5, 5.41) is 10.8. The molecule has 0 bridgehead atoms. The maximum atomic E-state index is 13.3. The average molecular weight is 433 g/mol. The van der Waals surface area contributed by atoms with E-state index in [-0.39, 0.29) is 11.3 Å². The van der Waals surface area contributed by atoms with E-state index in [9.17, 15) is 14.7 Å². The molecule has 1 aliphatic heterocycles. The van der Waals surface area contributed by atoms with Crippen LogP contribution in [0.4, 0.5) is 0 Å². The molecule has 0 fully saturated rings. The van der Waals surface area contributed by atoms with Crippen molar-refractivity contribution in [2.24, 2.45) is 14.1 Å². The molecule has 0 saturated carbocycles. The Balaban J connectivity index is 1.90. The fourth-order valence-corrected chi connectivity index (χ4v) is 4.60. The number of aromatic hydroxyl groups is 1. The number of ether oxygens (including phenoxy) is 2. The van der Waals surface area contributed by atoms with Gasteiger partial charge >= 0.3 is 5.69 Å². The summed E-state index contributed by atoms with van der Waals surface area (Å²) in [6.45, 7) is 0.948. The molecule has 164 valence electrons. The van der Waals surface area contributed by atoms with Crippen molar-refractivity contribution in [1.82, 2.24) is 13.7 Å². The first kappa shape index (κ1) is 20.1. The zero-order chi connectivity index (χ0) is 22.6. The summed E-state index contributed by atoms with van der Waals surface area (Å²) >= 11 is 0. The SMILES string of the molecule is COc1ccc([C@@H]2OCCn3c(-c4ccccc4)c4c(=O)n(C)c(=O)n(C)c4c32)cc1O. The topological polar surface area (TPSA) is 87.6 Å². The highest BCUT2D eigenvalue weighted by Crippen LogP contribution is 2.42. The second-order valence-corrected chi connectivity index (χ2v) is 7.86. The molecule has 0 spiro atoms. The molecule has 1 N–H and O–H groups in total. The fourth-order valence-electron chi connectivity index (χ4n) is 4.60. The zero-order valence-corrected chi connectivity index (χ0v) is 18.0. The largest absolute Gasteiger partial charge is 0.504 e. The Morgan fingerprint density at radius 1 is 1.06 bits per heavy atom. The van der Waals surface area contributed by atoms with Crippen LogP contribution in [0, 0.1) is 0 Å². The Bertz CT molecular complexity index is 1460. The molecule has 4 aromatic rings. The van der Waals surface area contributed by atoms with Crippen LogP contribution in [0.2, 0.25) is 0 Å². The minimum absolute atomic E-state index is 0.00493. The van der Waals surface area contributed by atoms with Crippen molar-refractivity contribution < 1.29 is 14.6 Å². The number of fused-ring (bicyclic) bond motifs is 3. The van der Waals surface area contributed by atoms with Gasteiger partial charge in [0.05, 0.1) is 36.0 Å². The second-order valence-electron chi connectivity index (χ2n) is 7.86. The van der Waals surface area contributed by atoms with Gasteiger partial charge in [-0.25, -0.2) is 4.79 Å². The molecule has 2 aromatic heterocycles. The Kier molecular flexibility index (Phi) is 4.67. The lowest BCUT2D eigenvalue weighted by Gasteiger charge is -2.28. The maximum Gasteiger partial charge on any atom is 0.331 e. The molecular formula is C24H23N3O5. The maximum absolute atomic E-state index is 13.3. The molecule has 3 heterocycles. The molecule has 0 radical (unpaired) electrons. The van der Waals surface area contributed by atoms with Crippen LogP contribution in [-0.2, 0) is 25.4 Å². The first-order chi connectivity index (χ1) is 15.4. The van der Waals surface area contributed by atoms with Crippen molar-refractivity contribution in [3.05, 3.63) is 80.6 Å². The highest BCUT2D eigenvalue weighted by molar-refractivity contribution is 5.96. The van der Waals surface area contributed by atoms with Crippen LogP contribution in [0.25, 0.3) is 22.2 Å². The third-order valence-electron chi connectivity index (χ3n) is 6.11. The first-order valence-corrected chi connectivity index (χ1v) is 10.3. The number of hydrogen-bond donors (Lipinski definition) is 1. The molecule has 1 atom stereocenters. The van der Waals surface area contributed by atoms with E-state index in [2.05, 4.69) is 4.57 Å². The van der Waals surface area contributed by atoms with Crippen molar-refractivity contribution in [1.29, 1.82) is 0 Å². The van der Waals surface area contributed by atoms with E-state index in [1.54, 1.807) is 19.2 Å². The van der Waals surface area contributed by atoms with Crippen molar-refractivity contribution >= 4 is 10.9 Å². The number of phenolic OH excluding ortho intramolecular Hbond substituents is 1. The summed E-state index contributed by atoms with van der Waals surface area (Å²) in [4.78, 5) is 26.2. The summed E-state index contributed by atoms with van der Waals surface area (Å²) < 4.78 is 16.0. The van der Waals surface area contributed by atoms with Gasteiger partial charge < -0.3 is 19.1 Å². The molecule has 0 unspecified atom stereocenters. The van der Waals surface area contributed by atoms with Gasteiger partial charge in [0.25, 0.3) is 5.56 Å². The van der Waals surface area contributed by atoms with E-state index < -0.39 is 11.8 Å². The number of aromatic nitrogens is 3. The van der Waals surface area contributed by atoms with Gasteiger partial charge in [0.2, 0.25) is 0 Å². The average Bonchev–Trinajstić information content (AvgIpc) is 3.17. The molecule has 8 nitrogen and oxygen atoms in total. The van der Waals surface area contributed by atoms with Gasteiger partial charge in [0.15, 0.2) is 11.5 Å². The minimum atomic E-state index is -0.571. The van der Waals surface area contributed by atoms with E-state index in [1.807, 2.05) is 36.4 Å². The van der Waals surface area contributed by atoms with Crippen LogP contribution >= 0.6 is 0 Å². The minimum Gasteiger partial charge on any atom is -0.504 e. The first-order valence-electron chi connectivity index (χ1n) is 10.3. The zero-order valence-electron chi connectivity index (χ0n) is 18.0. The lowest BCUT2D eigenvalue weighted by molar-refractivity contribution is 0.0477. The van der Waals surface area contributed by atoms with Crippen LogP contribution in [0.3, 0.4) is 0 Å². The van der Waals surface area contributed by atoms with Gasteiger partial charge in [-0.2, -0.15) is 0 Å². The van der Waals surface area contributed by atoms with E-state index in [0.29, 0.717) is 41.1 Å². The number of aryl methyl sites for hydroxylation is 1. The fraction of sp³-hybridized carbons (Fsp3) is 0.250. The Morgan fingerprint density at radius 3 is 2.50 bits per heavy atom. The number of hydrogen-bond acceptors (Lipinski definition) is 5. The number of phenols is 1. The van der Waals surface area contributed by atoms with Crippen molar-refractivity contribution in [2.45, 2.75) is 12.6 Å². The standard InChI is InChI=1S/C24H23N3O5/c1-25-20-18(23(29)26(2)24(25)30)19(14-7-5-4-6-8-14)27-11-12-32-22(21(20)27)15-9-10-17(31-3)16(28)13-15/h4-10,13,22,28H,11-12H2,1-3H3/t22-/m0/s1. The predicted molar refractivity (Wildman–Crippen MR) is 120 cm³/mol. The number of rotatable bonds is 3. The lowest BCUT2D eigenvalue weighted by Crippen LogP contribution is -2.37. The van der Waals surface area contributed by atoms with Gasteiger partial charge in [-0.3, -0.25) is 13.9 Å². The van der Waals surface area contributed by atoms with Crippen LogP contribution in [0.15, 0.2) is 58.1 Å². The van der Waals surface area contributed by atoms with Crippen LogP contribution < -0.4 is 16.0 Å². The highest BCUT2D eigenvalue weighted by Gasteiger charge is 2.33. The molecule has 0 saturated heterocycles. The molecule has 1 aliphatic rings. The van der Waals surface area contributed by atoms with Crippen LogP contribution in [0.1, 0.15) is 17.4 Å². The van der Waals surface area contributed by atoms with E-state index in [1.165, 1.54) is 18.7 Å². The predicted octanol–water partition coefficient (Wildman–Crippen LogP) is 2.54. The summed E-state index contributed by atoms with van der Waals surface area (Å²) in [6.07, 6.45) is -0.571. The van der Waals surface area contributed by atoms with Gasteiger partial charge in [0.1, 0.15) is 6.10 Å². The summed E-state index contributed by atoms with van der Waals surface area (Å²) in [7, 11) is 4.64. The molecule has 8 heteroatoms. The van der Waals surface area contributed by atoms with Gasteiger partial charge in [0, 0.05) is 20.6 Å². The van der Waals surface area contributed by atoms with E-state index in [4.69, 9.17) is 9.47 Å². The van der Waals surface area contributed by atoms with Gasteiger partial charge in [-0.05, 0) is 23.3 Å². The smallest absolute Gasteiger partial charge is 0.331 e.